The van der Waals surface area contributed by atoms with Crippen LogP contribution in [0.3, 0.4) is 0 Å². The van der Waals surface area contributed by atoms with Crippen LogP contribution in [0.4, 0.5) is 5.69 Å². The van der Waals surface area contributed by atoms with E-state index in [4.69, 9.17) is 0 Å². The fraction of sp³-hybridized carbons (Fsp3) is 0.579. The van der Waals surface area contributed by atoms with E-state index in [9.17, 15) is 9.59 Å². The molecular weight excluding hydrogens is 288 g/mol. The molecule has 1 aliphatic rings. The van der Waals surface area contributed by atoms with Crippen LogP contribution in [0.25, 0.3) is 0 Å². The number of aryl methyl sites for hydroxylation is 1. The second-order valence-corrected chi connectivity index (χ2v) is 6.31. The van der Waals surface area contributed by atoms with Gasteiger partial charge in [-0.25, -0.2) is 0 Å². The van der Waals surface area contributed by atoms with Crippen LogP contribution in [-0.2, 0) is 16.0 Å². The second kappa shape index (κ2) is 8.70. The van der Waals surface area contributed by atoms with E-state index in [1.54, 1.807) is 6.92 Å². The topological polar surface area (TPSA) is 49.4 Å². The van der Waals surface area contributed by atoms with Gasteiger partial charge in [0.15, 0.2) is 0 Å². The number of hydrogen-bond acceptors (Lipinski definition) is 2. The first-order chi connectivity index (χ1) is 11.1. The summed E-state index contributed by atoms with van der Waals surface area (Å²) < 4.78 is 0. The van der Waals surface area contributed by atoms with Crippen molar-refractivity contribution in [3.63, 3.8) is 0 Å². The van der Waals surface area contributed by atoms with Crippen LogP contribution in [0.15, 0.2) is 24.3 Å². The van der Waals surface area contributed by atoms with E-state index in [0.717, 1.165) is 30.5 Å². The molecule has 4 nitrogen and oxygen atoms in total. The largest absolute Gasteiger partial charge is 0.339 e. The van der Waals surface area contributed by atoms with Gasteiger partial charge in [-0.3, -0.25) is 9.59 Å². The molecule has 2 rings (SSSR count). The molecule has 1 N–H and O–H groups in total. The van der Waals surface area contributed by atoms with E-state index in [2.05, 4.69) is 12.2 Å². The van der Waals surface area contributed by atoms with Crippen molar-refractivity contribution in [2.75, 3.05) is 11.9 Å². The van der Waals surface area contributed by atoms with Gasteiger partial charge in [-0.2, -0.15) is 0 Å². The van der Waals surface area contributed by atoms with Gasteiger partial charge in [-0.05, 0) is 30.9 Å². The summed E-state index contributed by atoms with van der Waals surface area (Å²) in [6.45, 7) is 4.20. The van der Waals surface area contributed by atoms with Gasteiger partial charge in [0.05, 0.1) is 0 Å². The van der Waals surface area contributed by atoms with Gasteiger partial charge in [-0.15, -0.1) is 0 Å². The summed E-state index contributed by atoms with van der Waals surface area (Å²) in [7, 11) is 0. The third-order valence-corrected chi connectivity index (χ3v) is 4.67. The molecule has 4 heteroatoms. The van der Waals surface area contributed by atoms with Crippen molar-refractivity contribution < 1.29 is 9.59 Å². The zero-order valence-corrected chi connectivity index (χ0v) is 14.3. The van der Waals surface area contributed by atoms with Gasteiger partial charge in [0, 0.05) is 31.6 Å². The van der Waals surface area contributed by atoms with Crippen molar-refractivity contribution in [3.8, 4) is 0 Å². The average molecular weight is 316 g/mol. The Morgan fingerprint density at radius 1 is 1.17 bits per heavy atom. The van der Waals surface area contributed by atoms with Crippen molar-refractivity contribution in [1.29, 1.82) is 0 Å². The Kier molecular flexibility index (Phi) is 6.63. The zero-order valence-electron chi connectivity index (χ0n) is 14.3. The van der Waals surface area contributed by atoms with Crippen molar-refractivity contribution in [1.82, 2.24) is 4.90 Å². The van der Waals surface area contributed by atoms with Gasteiger partial charge < -0.3 is 10.2 Å². The fourth-order valence-corrected chi connectivity index (χ4v) is 3.38. The smallest absolute Gasteiger partial charge is 0.226 e. The number of rotatable bonds is 6. The highest BCUT2D eigenvalue weighted by Gasteiger charge is 2.23. The van der Waals surface area contributed by atoms with E-state index >= 15 is 0 Å². The predicted octanol–water partition coefficient (Wildman–Crippen LogP) is 3.76. The lowest BCUT2D eigenvalue weighted by atomic mass is 9.94. The maximum Gasteiger partial charge on any atom is 0.226 e. The fourth-order valence-electron chi connectivity index (χ4n) is 3.38. The van der Waals surface area contributed by atoms with Gasteiger partial charge in [-0.1, -0.05) is 44.4 Å². The van der Waals surface area contributed by atoms with Crippen molar-refractivity contribution in [3.05, 3.63) is 29.8 Å². The predicted molar refractivity (Wildman–Crippen MR) is 93.3 cm³/mol. The molecule has 0 radical (unpaired) electrons. The zero-order chi connectivity index (χ0) is 16.7. The minimum absolute atomic E-state index is 0.0204. The summed E-state index contributed by atoms with van der Waals surface area (Å²) in [5.41, 5.74) is 2.02. The molecule has 0 spiro atoms. The highest BCUT2D eigenvalue weighted by molar-refractivity contribution is 5.91. The third kappa shape index (κ3) is 5.08. The third-order valence-electron chi connectivity index (χ3n) is 4.67. The molecule has 23 heavy (non-hydrogen) atoms. The average Bonchev–Trinajstić information content (AvgIpc) is 2.56. The summed E-state index contributed by atoms with van der Waals surface area (Å²) in [6.07, 6.45) is 7.01. The summed E-state index contributed by atoms with van der Waals surface area (Å²) in [5, 5.41) is 2.98. The minimum atomic E-state index is -0.0204. The lowest BCUT2D eigenvalue weighted by molar-refractivity contribution is -0.132. The molecule has 0 aromatic heterocycles. The quantitative estimate of drug-likeness (QED) is 0.868. The van der Waals surface area contributed by atoms with Crippen LogP contribution in [0.2, 0.25) is 0 Å². The lowest BCUT2D eigenvalue weighted by Crippen LogP contribution is -2.41. The van der Waals surface area contributed by atoms with E-state index in [0.29, 0.717) is 19.0 Å². The first-order valence-electron chi connectivity index (χ1n) is 8.76. The molecule has 2 amide bonds. The number of hydrogen-bond donors (Lipinski definition) is 1. The van der Waals surface area contributed by atoms with Gasteiger partial charge in [0.1, 0.15) is 0 Å². The number of benzene rings is 1. The number of carbonyl (C=O) groups is 2. The number of nitrogens with zero attached hydrogens (tertiary/aromatic N) is 1. The van der Waals surface area contributed by atoms with Crippen LogP contribution in [0.5, 0.6) is 0 Å². The summed E-state index contributed by atoms with van der Waals surface area (Å²) in [5.74, 6) is 0.0617. The maximum atomic E-state index is 12.2. The molecule has 0 heterocycles. The minimum Gasteiger partial charge on any atom is -0.339 e. The van der Waals surface area contributed by atoms with Crippen molar-refractivity contribution >= 4 is 17.5 Å². The molecule has 0 unspecified atom stereocenters. The molecule has 0 atom stereocenters. The second-order valence-electron chi connectivity index (χ2n) is 6.31. The van der Waals surface area contributed by atoms with Crippen LogP contribution in [0.1, 0.15) is 57.9 Å². The van der Waals surface area contributed by atoms with Gasteiger partial charge in [0.25, 0.3) is 0 Å². The Morgan fingerprint density at radius 3 is 2.52 bits per heavy atom. The molecule has 1 fully saturated rings. The molecule has 1 aromatic rings. The van der Waals surface area contributed by atoms with Crippen LogP contribution in [-0.4, -0.2) is 29.3 Å². The first kappa shape index (κ1) is 17.5. The highest BCUT2D eigenvalue weighted by Crippen LogP contribution is 2.23. The Hall–Kier alpha value is -1.84. The Labute approximate surface area is 139 Å². The lowest BCUT2D eigenvalue weighted by Gasteiger charge is -2.33. The Bertz CT molecular complexity index is 536. The van der Waals surface area contributed by atoms with E-state index < -0.39 is 0 Å². The molecule has 0 saturated heterocycles. The number of para-hydroxylation sites is 1. The van der Waals surface area contributed by atoms with Gasteiger partial charge in [0.2, 0.25) is 11.8 Å². The maximum absolute atomic E-state index is 12.2. The monoisotopic (exact) mass is 316 g/mol. The SMILES string of the molecule is CCc1ccccc1NC(=O)CCN(C(C)=O)C1CCCCC1. The van der Waals surface area contributed by atoms with Gasteiger partial charge >= 0.3 is 0 Å². The molecule has 0 bridgehead atoms. The summed E-state index contributed by atoms with van der Waals surface area (Å²) in [4.78, 5) is 26.0. The molecule has 1 saturated carbocycles. The van der Waals surface area contributed by atoms with Crippen molar-refractivity contribution in [2.45, 2.75) is 64.8 Å². The Morgan fingerprint density at radius 2 is 1.87 bits per heavy atom. The van der Waals surface area contributed by atoms with E-state index in [-0.39, 0.29) is 11.8 Å². The standard InChI is InChI=1S/C19H28N2O2/c1-3-16-9-7-8-12-18(16)20-19(23)13-14-21(15(2)22)17-10-5-4-6-11-17/h7-9,12,17H,3-6,10-11,13-14H2,1-2H3,(H,20,23). The van der Waals surface area contributed by atoms with Crippen LogP contribution >= 0.6 is 0 Å². The van der Waals surface area contributed by atoms with E-state index in [1.807, 2.05) is 29.2 Å². The first-order valence-corrected chi connectivity index (χ1v) is 8.76. The van der Waals surface area contributed by atoms with Crippen LogP contribution < -0.4 is 5.32 Å². The number of amides is 2. The number of nitrogens with one attached hydrogen (secondary N) is 1. The van der Waals surface area contributed by atoms with Crippen molar-refractivity contribution in [2.24, 2.45) is 0 Å². The molecule has 1 aliphatic carbocycles. The molecule has 126 valence electrons. The molecule has 0 aliphatic heterocycles. The Balaban J connectivity index is 1.89. The molecular formula is C19H28N2O2. The normalized spacial score (nSPS) is 15.2. The summed E-state index contributed by atoms with van der Waals surface area (Å²) >= 11 is 0. The molecule has 1 aromatic carbocycles. The summed E-state index contributed by atoms with van der Waals surface area (Å²) in [6, 6.07) is 8.19. The van der Waals surface area contributed by atoms with E-state index in [1.165, 1.54) is 19.3 Å². The van der Waals surface area contributed by atoms with Crippen LogP contribution in [0, 0.1) is 0 Å². The number of carbonyl (C=O) groups excluding carboxylic acids is 2. The number of anilines is 1. The highest BCUT2D eigenvalue weighted by atomic mass is 16.2.